The molecule has 0 aliphatic carbocycles. The standard InChI is InChI=1S/C18H26N2O5S/c1-12-10-13(2)17(14(3)11-12)26(24,25)19-15(6-7-16(21)22)18(23)20-8-4-5-9-20/h10-11,15,19H,4-9H2,1-3H3,(H,21,22). The first kappa shape index (κ1) is 20.4. The SMILES string of the molecule is Cc1cc(C)c(S(=O)(=O)NC(CCC(=O)O)C(=O)N2CCCC2)c(C)c1. The summed E-state index contributed by atoms with van der Waals surface area (Å²) >= 11 is 0. The van der Waals surface area contributed by atoms with Gasteiger partial charge in [0.05, 0.1) is 4.90 Å². The van der Waals surface area contributed by atoms with Gasteiger partial charge in [-0.05, 0) is 51.2 Å². The van der Waals surface area contributed by atoms with Crippen molar-refractivity contribution in [3.63, 3.8) is 0 Å². The number of likely N-dealkylation sites (tertiary alicyclic amines) is 1. The summed E-state index contributed by atoms with van der Waals surface area (Å²) in [5.41, 5.74) is 2.15. The van der Waals surface area contributed by atoms with Gasteiger partial charge in [-0.2, -0.15) is 4.72 Å². The maximum Gasteiger partial charge on any atom is 0.303 e. The summed E-state index contributed by atoms with van der Waals surface area (Å²) in [7, 11) is -3.95. The highest BCUT2D eigenvalue weighted by Crippen LogP contribution is 2.23. The average molecular weight is 382 g/mol. The number of nitrogens with one attached hydrogen (secondary N) is 1. The number of aryl methyl sites for hydroxylation is 3. The van der Waals surface area contributed by atoms with E-state index in [0.29, 0.717) is 24.2 Å². The Balaban J connectivity index is 2.30. The van der Waals surface area contributed by atoms with E-state index in [0.717, 1.165) is 18.4 Å². The third-order valence-electron chi connectivity index (χ3n) is 4.53. The molecule has 1 atom stereocenters. The molecule has 0 bridgehead atoms. The monoisotopic (exact) mass is 382 g/mol. The molecule has 1 amide bonds. The molecule has 7 nitrogen and oxygen atoms in total. The van der Waals surface area contributed by atoms with Gasteiger partial charge in [0.1, 0.15) is 6.04 Å². The van der Waals surface area contributed by atoms with E-state index < -0.39 is 22.0 Å². The Hall–Kier alpha value is -1.93. The minimum atomic E-state index is -3.95. The molecule has 2 N–H and O–H groups in total. The number of rotatable bonds is 7. The van der Waals surface area contributed by atoms with Crippen LogP contribution >= 0.6 is 0 Å². The lowest BCUT2D eigenvalue weighted by Crippen LogP contribution is -2.48. The fraction of sp³-hybridized carbons (Fsp3) is 0.556. The summed E-state index contributed by atoms with van der Waals surface area (Å²) in [6, 6.07) is 2.47. The van der Waals surface area contributed by atoms with E-state index in [-0.39, 0.29) is 23.6 Å². The molecule has 0 aromatic heterocycles. The second kappa shape index (κ2) is 8.18. The number of carboxylic acids is 1. The number of benzene rings is 1. The molecule has 1 aromatic rings. The van der Waals surface area contributed by atoms with Gasteiger partial charge in [0.2, 0.25) is 15.9 Å². The first-order chi connectivity index (χ1) is 12.1. The zero-order valence-electron chi connectivity index (χ0n) is 15.4. The molecule has 0 saturated carbocycles. The van der Waals surface area contributed by atoms with Gasteiger partial charge in [-0.15, -0.1) is 0 Å². The van der Waals surface area contributed by atoms with Crippen LogP contribution in [0.5, 0.6) is 0 Å². The molecule has 144 valence electrons. The van der Waals surface area contributed by atoms with Crippen LogP contribution < -0.4 is 4.72 Å². The predicted molar refractivity (Wildman–Crippen MR) is 97.4 cm³/mol. The zero-order valence-corrected chi connectivity index (χ0v) is 16.2. The molecule has 1 aromatic carbocycles. The Morgan fingerprint density at radius 2 is 1.69 bits per heavy atom. The second-order valence-electron chi connectivity index (χ2n) is 6.87. The Bertz CT molecular complexity index is 775. The quantitative estimate of drug-likeness (QED) is 0.748. The minimum Gasteiger partial charge on any atom is -0.481 e. The van der Waals surface area contributed by atoms with Crippen molar-refractivity contribution in [1.29, 1.82) is 0 Å². The number of carboxylic acid groups (broad SMARTS) is 1. The Morgan fingerprint density at radius 1 is 1.15 bits per heavy atom. The molecule has 1 unspecified atom stereocenters. The van der Waals surface area contributed by atoms with Gasteiger partial charge >= 0.3 is 5.97 Å². The predicted octanol–water partition coefficient (Wildman–Crippen LogP) is 1.75. The maximum atomic E-state index is 12.9. The Kier molecular flexibility index (Phi) is 6.41. The van der Waals surface area contributed by atoms with E-state index in [1.54, 1.807) is 30.9 Å². The lowest BCUT2D eigenvalue weighted by Gasteiger charge is -2.24. The van der Waals surface area contributed by atoms with Crippen molar-refractivity contribution in [3.8, 4) is 0 Å². The molecular weight excluding hydrogens is 356 g/mol. The number of sulfonamides is 1. The van der Waals surface area contributed by atoms with Crippen LogP contribution in [0.1, 0.15) is 42.4 Å². The summed E-state index contributed by atoms with van der Waals surface area (Å²) < 4.78 is 28.3. The van der Waals surface area contributed by atoms with E-state index in [9.17, 15) is 18.0 Å². The second-order valence-corrected chi connectivity index (χ2v) is 8.52. The highest BCUT2D eigenvalue weighted by Gasteiger charge is 2.32. The third-order valence-corrected chi connectivity index (χ3v) is 6.31. The van der Waals surface area contributed by atoms with Gasteiger partial charge in [0, 0.05) is 19.5 Å². The number of aliphatic carboxylic acids is 1. The molecule has 0 spiro atoms. The van der Waals surface area contributed by atoms with Crippen LogP contribution in [0.4, 0.5) is 0 Å². The van der Waals surface area contributed by atoms with Gasteiger partial charge in [-0.25, -0.2) is 8.42 Å². The summed E-state index contributed by atoms with van der Waals surface area (Å²) in [4.78, 5) is 25.4. The first-order valence-corrected chi connectivity index (χ1v) is 10.2. The molecule has 1 aliphatic rings. The molecule has 0 radical (unpaired) electrons. The normalized spacial score (nSPS) is 15.9. The topological polar surface area (TPSA) is 104 Å². The van der Waals surface area contributed by atoms with Gasteiger partial charge in [-0.3, -0.25) is 9.59 Å². The van der Waals surface area contributed by atoms with E-state index in [2.05, 4.69) is 4.72 Å². The van der Waals surface area contributed by atoms with Crippen molar-refractivity contribution in [2.75, 3.05) is 13.1 Å². The summed E-state index contributed by atoms with van der Waals surface area (Å²) in [5.74, 6) is -1.42. The van der Waals surface area contributed by atoms with Crippen molar-refractivity contribution >= 4 is 21.9 Å². The molecule has 26 heavy (non-hydrogen) atoms. The summed E-state index contributed by atoms with van der Waals surface area (Å²) in [6.07, 6.45) is 1.40. The highest BCUT2D eigenvalue weighted by atomic mass is 32.2. The van der Waals surface area contributed by atoms with E-state index in [1.807, 2.05) is 6.92 Å². The van der Waals surface area contributed by atoms with Crippen LogP contribution in [0.15, 0.2) is 17.0 Å². The van der Waals surface area contributed by atoms with Crippen molar-refractivity contribution in [1.82, 2.24) is 9.62 Å². The molecule has 1 saturated heterocycles. The van der Waals surface area contributed by atoms with Gasteiger partial charge < -0.3 is 10.0 Å². The fourth-order valence-corrected chi connectivity index (χ4v) is 5.17. The largest absolute Gasteiger partial charge is 0.481 e. The lowest BCUT2D eigenvalue weighted by atomic mass is 10.1. The molecule has 8 heteroatoms. The van der Waals surface area contributed by atoms with Crippen LogP contribution in [0.3, 0.4) is 0 Å². The fourth-order valence-electron chi connectivity index (χ4n) is 3.50. The third kappa shape index (κ3) is 4.82. The van der Waals surface area contributed by atoms with Crippen molar-refractivity contribution < 1.29 is 23.1 Å². The number of hydrogen-bond acceptors (Lipinski definition) is 4. The van der Waals surface area contributed by atoms with E-state index in [4.69, 9.17) is 5.11 Å². The van der Waals surface area contributed by atoms with Crippen LogP contribution in [-0.4, -0.2) is 49.4 Å². The molecule has 1 heterocycles. The van der Waals surface area contributed by atoms with Crippen LogP contribution in [0.25, 0.3) is 0 Å². The zero-order chi connectivity index (χ0) is 19.5. The van der Waals surface area contributed by atoms with Gasteiger partial charge in [0.25, 0.3) is 0 Å². The minimum absolute atomic E-state index is 0.0755. The van der Waals surface area contributed by atoms with Gasteiger partial charge in [0.15, 0.2) is 0 Å². The molecule has 1 fully saturated rings. The highest BCUT2D eigenvalue weighted by molar-refractivity contribution is 7.89. The van der Waals surface area contributed by atoms with Crippen LogP contribution in [0, 0.1) is 20.8 Å². The Labute approximate surface area is 154 Å². The number of amides is 1. The van der Waals surface area contributed by atoms with Gasteiger partial charge in [-0.1, -0.05) is 17.7 Å². The van der Waals surface area contributed by atoms with E-state index >= 15 is 0 Å². The summed E-state index contributed by atoms with van der Waals surface area (Å²) in [6.45, 7) is 6.46. The smallest absolute Gasteiger partial charge is 0.303 e. The van der Waals surface area contributed by atoms with Crippen molar-refractivity contribution in [2.45, 2.75) is 57.4 Å². The number of nitrogens with zero attached hydrogens (tertiary/aromatic N) is 1. The van der Waals surface area contributed by atoms with Crippen molar-refractivity contribution in [2.24, 2.45) is 0 Å². The molecule has 2 rings (SSSR count). The molecular formula is C18H26N2O5S. The molecule has 1 aliphatic heterocycles. The average Bonchev–Trinajstić information content (AvgIpc) is 3.03. The Morgan fingerprint density at radius 3 is 2.19 bits per heavy atom. The first-order valence-electron chi connectivity index (χ1n) is 8.72. The van der Waals surface area contributed by atoms with Crippen molar-refractivity contribution in [3.05, 3.63) is 28.8 Å². The number of carbonyl (C=O) groups excluding carboxylic acids is 1. The number of hydrogen-bond donors (Lipinski definition) is 2. The van der Waals surface area contributed by atoms with Crippen LogP contribution in [0.2, 0.25) is 0 Å². The summed E-state index contributed by atoms with van der Waals surface area (Å²) in [5, 5.41) is 8.94. The van der Waals surface area contributed by atoms with Crippen LogP contribution in [-0.2, 0) is 19.6 Å². The maximum absolute atomic E-state index is 12.9. The lowest BCUT2D eigenvalue weighted by molar-refractivity contribution is -0.137. The van der Waals surface area contributed by atoms with E-state index in [1.165, 1.54) is 0 Å². The number of carbonyl (C=O) groups is 2.